The summed E-state index contributed by atoms with van der Waals surface area (Å²) in [7, 11) is 3.92. The van der Waals surface area contributed by atoms with E-state index in [-0.39, 0.29) is 46.8 Å². The van der Waals surface area contributed by atoms with Crippen molar-refractivity contribution in [3.05, 3.63) is 51.2 Å². The molecule has 2 heterocycles. The second-order valence-electron chi connectivity index (χ2n) is 6.39. The maximum absolute atomic E-state index is 12.9. The molecule has 0 atom stereocenters. The van der Waals surface area contributed by atoms with Crippen LogP contribution in [0.25, 0.3) is 10.9 Å². The maximum Gasteiger partial charge on any atom is 1.00 e. The molecular weight excluding hydrogens is 409 g/mol. The second-order valence-corrected chi connectivity index (χ2v) is 7.77. The van der Waals surface area contributed by atoms with Crippen molar-refractivity contribution in [3.63, 3.8) is 0 Å². The third-order valence-electron chi connectivity index (χ3n) is 4.14. The maximum atomic E-state index is 12.9. The molecule has 0 bridgehead atoms. The van der Waals surface area contributed by atoms with Crippen LogP contribution in [0.15, 0.2) is 35.7 Å². The Morgan fingerprint density at radius 3 is 2.68 bits per heavy atom. The van der Waals surface area contributed by atoms with Gasteiger partial charge in [-0.25, -0.2) is 9.36 Å². The van der Waals surface area contributed by atoms with Gasteiger partial charge in [0.1, 0.15) is 0 Å². The van der Waals surface area contributed by atoms with Crippen LogP contribution in [0.3, 0.4) is 0 Å². The summed E-state index contributed by atoms with van der Waals surface area (Å²) in [6, 6.07) is 7.80. The summed E-state index contributed by atoms with van der Waals surface area (Å²) in [5, 5.41) is 16.2. The van der Waals surface area contributed by atoms with Crippen molar-refractivity contribution in [1.82, 2.24) is 14.8 Å². The third kappa shape index (κ3) is 4.79. The number of aromatic hydroxyl groups is 1. The van der Waals surface area contributed by atoms with Crippen LogP contribution in [0.1, 0.15) is 21.7 Å². The molecule has 142 valence electrons. The van der Waals surface area contributed by atoms with Crippen molar-refractivity contribution in [1.29, 1.82) is 0 Å². The number of rotatable bonds is 6. The molecule has 28 heavy (non-hydrogen) atoms. The topological polar surface area (TPSA) is 74.6 Å². The Bertz CT molecular complexity index is 986. The van der Waals surface area contributed by atoms with Crippen LogP contribution in [-0.2, 0) is 0 Å². The SMILES string of the molecule is CN(C)CCCNC(=O)n1c(O)c(C(=O)c2cccs2)c2cc(Cl)ccc21.[Na+]. The van der Waals surface area contributed by atoms with Gasteiger partial charge in [-0.2, -0.15) is 0 Å². The molecule has 1 amide bonds. The molecule has 0 saturated carbocycles. The molecule has 3 aromatic rings. The molecule has 0 saturated heterocycles. The largest absolute Gasteiger partial charge is 1.00 e. The molecule has 1 aromatic carbocycles. The van der Waals surface area contributed by atoms with E-state index in [2.05, 4.69) is 5.32 Å². The predicted octanol–water partition coefficient (Wildman–Crippen LogP) is 0.806. The molecular formula is C19H20ClN3NaO3S+. The number of hydrogen-bond donors (Lipinski definition) is 2. The van der Waals surface area contributed by atoms with Crippen molar-refractivity contribution >= 4 is 45.7 Å². The third-order valence-corrected chi connectivity index (χ3v) is 5.24. The van der Waals surface area contributed by atoms with Crippen LogP contribution >= 0.6 is 22.9 Å². The fraction of sp³-hybridized carbons (Fsp3) is 0.263. The monoisotopic (exact) mass is 428 g/mol. The summed E-state index contributed by atoms with van der Waals surface area (Å²) in [6.45, 7) is 1.29. The molecule has 0 unspecified atom stereocenters. The minimum atomic E-state index is -0.483. The van der Waals surface area contributed by atoms with Gasteiger partial charge in [-0.1, -0.05) is 17.7 Å². The van der Waals surface area contributed by atoms with Gasteiger partial charge in [-0.3, -0.25) is 4.79 Å². The van der Waals surface area contributed by atoms with Crippen molar-refractivity contribution < 1.29 is 44.3 Å². The van der Waals surface area contributed by atoms with Gasteiger partial charge >= 0.3 is 35.6 Å². The number of ketones is 1. The quantitative estimate of drug-likeness (QED) is 0.346. The van der Waals surface area contributed by atoms with E-state index in [4.69, 9.17) is 11.6 Å². The number of benzene rings is 1. The van der Waals surface area contributed by atoms with E-state index >= 15 is 0 Å². The molecule has 0 aliphatic heterocycles. The summed E-state index contributed by atoms with van der Waals surface area (Å²) < 4.78 is 1.13. The molecule has 2 N–H and O–H groups in total. The van der Waals surface area contributed by atoms with E-state index in [0.717, 1.165) is 17.5 Å². The van der Waals surface area contributed by atoms with Crippen LogP contribution in [0.4, 0.5) is 4.79 Å². The van der Waals surface area contributed by atoms with Gasteiger partial charge in [-0.05, 0) is 56.7 Å². The molecule has 3 rings (SSSR count). The first kappa shape index (κ1) is 22.9. The number of hydrogen-bond acceptors (Lipinski definition) is 5. The molecule has 0 spiro atoms. The van der Waals surface area contributed by atoms with Gasteiger partial charge < -0.3 is 15.3 Å². The van der Waals surface area contributed by atoms with Crippen LogP contribution in [0, 0.1) is 0 Å². The van der Waals surface area contributed by atoms with Crippen molar-refractivity contribution in [2.75, 3.05) is 27.2 Å². The summed E-state index contributed by atoms with van der Waals surface area (Å²) in [5.41, 5.74) is 0.514. The number of aromatic nitrogens is 1. The fourth-order valence-electron chi connectivity index (χ4n) is 2.88. The van der Waals surface area contributed by atoms with E-state index in [9.17, 15) is 14.7 Å². The molecule has 0 fully saturated rings. The van der Waals surface area contributed by atoms with Crippen LogP contribution in [0.5, 0.6) is 5.88 Å². The Morgan fingerprint density at radius 2 is 2.04 bits per heavy atom. The van der Waals surface area contributed by atoms with Gasteiger partial charge in [-0.15, -0.1) is 11.3 Å². The van der Waals surface area contributed by atoms with Crippen molar-refractivity contribution in [2.24, 2.45) is 0 Å². The number of fused-ring (bicyclic) bond motifs is 1. The van der Waals surface area contributed by atoms with Crippen molar-refractivity contribution in [3.8, 4) is 5.88 Å². The minimum absolute atomic E-state index is 0. The average Bonchev–Trinajstić information content (AvgIpc) is 3.23. The number of amides is 1. The number of halogens is 1. The average molecular weight is 429 g/mol. The summed E-state index contributed by atoms with van der Waals surface area (Å²) in [4.78, 5) is 28.1. The Morgan fingerprint density at radius 1 is 1.29 bits per heavy atom. The Hall–Kier alpha value is -1.35. The smallest absolute Gasteiger partial charge is 0.494 e. The van der Waals surface area contributed by atoms with Gasteiger partial charge in [0, 0.05) is 17.0 Å². The zero-order chi connectivity index (χ0) is 19.6. The summed E-state index contributed by atoms with van der Waals surface area (Å²) >= 11 is 7.37. The van der Waals surface area contributed by atoms with E-state index in [1.165, 1.54) is 11.3 Å². The van der Waals surface area contributed by atoms with Crippen molar-refractivity contribution in [2.45, 2.75) is 6.42 Å². The number of carbonyl (C=O) groups is 2. The first-order valence-corrected chi connectivity index (χ1v) is 9.70. The molecule has 0 radical (unpaired) electrons. The fourth-order valence-corrected chi connectivity index (χ4v) is 3.72. The Labute approximate surface area is 194 Å². The standard InChI is InChI=1S/C19H20ClN3O3S.Na/c1-22(2)9-4-8-21-19(26)23-14-7-6-12(20)11-13(14)16(18(23)25)17(24)15-5-3-10-27-15;/h3,5-7,10-11,25H,4,8-9H2,1-2H3,(H,21,26);/q;+1. The Kier molecular flexibility index (Phi) is 8.12. The van der Waals surface area contributed by atoms with E-state index in [1.807, 2.05) is 19.0 Å². The summed E-state index contributed by atoms with van der Waals surface area (Å²) in [6.07, 6.45) is 0.769. The van der Waals surface area contributed by atoms with Gasteiger partial charge in [0.05, 0.1) is 16.0 Å². The van der Waals surface area contributed by atoms with Crippen LogP contribution in [0.2, 0.25) is 5.02 Å². The van der Waals surface area contributed by atoms with Crippen LogP contribution < -0.4 is 34.9 Å². The van der Waals surface area contributed by atoms with E-state index < -0.39 is 6.03 Å². The normalized spacial score (nSPS) is 10.9. The molecule has 0 aliphatic rings. The Balaban J connectivity index is 0.00000280. The number of nitrogens with zero attached hydrogens (tertiary/aromatic N) is 2. The second kappa shape index (κ2) is 9.91. The molecule has 0 aliphatic carbocycles. The minimum Gasteiger partial charge on any atom is -0.494 e. The number of carbonyl (C=O) groups excluding carboxylic acids is 2. The van der Waals surface area contributed by atoms with Gasteiger partial charge in [0.25, 0.3) is 0 Å². The van der Waals surface area contributed by atoms with Gasteiger partial charge in [0.15, 0.2) is 0 Å². The molecule has 6 nitrogen and oxygen atoms in total. The zero-order valence-electron chi connectivity index (χ0n) is 16.0. The summed E-state index contributed by atoms with van der Waals surface area (Å²) in [5.74, 6) is -0.718. The van der Waals surface area contributed by atoms with Crippen LogP contribution in [-0.4, -0.2) is 53.6 Å². The van der Waals surface area contributed by atoms with Gasteiger partial charge in [0.2, 0.25) is 11.7 Å². The molecule has 9 heteroatoms. The molecule has 2 aromatic heterocycles. The number of thiophene rings is 1. The van der Waals surface area contributed by atoms with E-state index in [0.29, 0.717) is 27.3 Å². The van der Waals surface area contributed by atoms with E-state index in [1.54, 1.807) is 35.7 Å². The first-order chi connectivity index (χ1) is 12.9. The zero-order valence-corrected chi connectivity index (χ0v) is 19.6. The predicted molar refractivity (Wildman–Crippen MR) is 108 cm³/mol. The first-order valence-electron chi connectivity index (χ1n) is 8.44. The number of nitrogens with one attached hydrogen (secondary N) is 1.